The van der Waals surface area contributed by atoms with E-state index in [1.54, 1.807) is 16.4 Å². The van der Waals surface area contributed by atoms with Gasteiger partial charge in [0.2, 0.25) is 10.0 Å². The van der Waals surface area contributed by atoms with Gasteiger partial charge in [-0.3, -0.25) is 4.79 Å². The third kappa shape index (κ3) is 3.52. The van der Waals surface area contributed by atoms with Crippen LogP contribution in [0.15, 0.2) is 29.2 Å². The van der Waals surface area contributed by atoms with Crippen LogP contribution in [0.4, 0.5) is 0 Å². The van der Waals surface area contributed by atoms with Gasteiger partial charge in [0.05, 0.1) is 4.90 Å². The van der Waals surface area contributed by atoms with Crippen LogP contribution in [0.1, 0.15) is 56.3 Å². The Labute approximate surface area is 127 Å². The molecule has 21 heavy (non-hydrogen) atoms. The number of sulfonamides is 1. The number of Topliss-reactive ketones (excluding diaryl/α,β-unsaturated/α-hetero) is 1. The Hall–Kier alpha value is -1.20. The molecule has 1 saturated carbocycles. The molecule has 1 aliphatic carbocycles. The molecule has 1 aromatic carbocycles. The number of ketones is 1. The van der Waals surface area contributed by atoms with E-state index in [-0.39, 0.29) is 16.7 Å². The first kappa shape index (κ1) is 16.2. The smallest absolute Gasteiger partial charge is 0.243 e. The summed E-state index contributed by atoms with van der Waals surface area (Å²) < 4.78 is 27.2. The van der Waals surface area contributed by atoms with E-state index in [9.17, 15) is 13.2 Å². The van der Waals surface area contributed by atoms with E-state index in [4.69, 9.17) is 0 Å². The fourth-order valence-electron chi connectivity index (χ4n) is 2.99. The maximum atomic E-state index is 12.8. The lowest BCUT2D eigenvalue weighted by molar-refractivity contribution is 0.101. The van der Waals surface area contributed by atoms with Crippen molar-refractivity contribution in [3.8, 4) is 0 Å². The van der Waals surface area contributed by atoms with Crippen molar-refractivity contribution in [2.45, 2.75) is 56.9 Å². The van der Waals surface area contributed by atoms with E-state index >= 15 is 0 Å². The standard InChI is InChI=1S/C16H23NO3S/c1-3-17(15-7-5-4-6-8-15)21(19,20)16-11-9-14(10-12-16)13(2)18/h9-12,15H,3-8H2,1-2H3. The van der Waals surface area contributed by atoms with Gasteiger partial charge in [0, 0.05) is 18.2 Å². The average Bonchev–Trinajstić information content (AvgIpc) is 2.49. The zero-order chi connectivity index (χ0) is 15.5. The van der Waals surface area contributed by atoms with Crippen LogP contribution in [0, 0.1) is 0 Å². The SMILES string of the molecule is CCN(C1CCCCC1)S(=O)(=O)c1ccc(C(C)=O)cc1. The van der Waals surface area contributed by atoms with Crippen LogP contribution in [0.3, 0.4) is 0 Å². The number of rotatable bonds is 5. The monoisotopic (exact) mass is 309 g/mol. The summed E-state index contributed by atoms with van der Waals surface area (Å²) >= 11 is 0. The molecule has 5 heteroatoms. The summed E-state index contributed by atoms with van der Waals surface area (Å²) in [6.07, 6.45) is 5.28. The molecule has 0 bridgehead atoms. The van der Waals surface area contributed by atoms with Crippen molar-refractivity contribution in [2.24, 2.45) is 0 Å². The Morgan fingerprint density at radius 3 is 2.19 bits per heavy atom. The molecule has 0 atom stereocenters. The van der Waals surface area contributed by atoms with Gasteiger partial charge < -0.3 is 0 Å². The molecular weight excluding hydrogens is 286 g/mol. The van der Waals surface area contributed by atoms with Crippen molar-refractivity contribution in [1.29, 1.82) is 0 Å². The quantitative estimate of drug-likeness (QED) is 0.785. The number of hydrogen-bond donors (Lipinski definition) is 0. The molecule has 0 aromatic heterocycles. The number of benzene rings is 1. The molecule has 0 heterocycles. The van der Waals surface area contributed by atoms with Crippen molar-refractivity contribution in [3.63, 3.8) is 0 Å². The highest BCUT2D eigenvalue weighted by molar-refractivity contribution is 7.89. The predicted octanol–water partition coefficient (Wildman–Crippen LogP) is 3.23. The van der Waals surface area contributed by atoms with Gasteiger partial charge in [0.1, 0.15) is 0 Å². The second-order valence-corrected chi connectivity index (χ2v) is 7.47. The van der Waals surface area contributed by atoms with Crippen molar-refractivity contribution >= 4 is 15.8 Å². The van der Waals surface area contributed by atoms with Crippen LogP contribution in [-0.2, 0) is 10.0 Å². The first-order chi connectivity index (χ1) is 9.96. The number of carbonyl (C=O) groups is 1. The van der Waals surface area contributed by atoms with Crippen LogP contribution in [-0.4, -0.2) is 31.1 Å². The van der Waals surface area contributed by atoms with Gasteiger partial charge in [0.15, 0.2) is 5.78 Å². The first-order valence-electron chi connectivity index (χ1n) is 7.59. The molecule has 0 saturated heterocycles. The second-order valence-electron chi connectivity index (χ2n) is 5.58. The Morgan fingerprint density at radius 1 is 1.14 bits per heavy atom. The van der Waals surface area contributed by atoms with Gasteiger partial charge in [0.25, 0.3) is 0 Å². The Morgan fingerprint density at radius 2 is 1.71 bits per heavy atom. The van der Waals surface area contributed by atoms with Crippen molar-refractivity contribution < 1.29 is 13.2 Å². The third-order valence-corrected chi connectivity index (χ3v) is 6.20. The number of nitrogens with zero attached hydrogens (tertiary/aromatic N) is 1. The highest BCUT2D eigenvalue weighted by atomic mass is 32.2. The van der Waals surface area contributed by atoms with E-state index in [0.29, 0.717) is 12.1 Å². The highest BCUT2D eigenvalue weighted by Gasteiger charge is 2.30. The maximum absolute atomic E-state index is 12.8. The summed E-state index contributed by atoms with van der Waals surface area (Å²) in [5, 5.41) is 0. The molecule has 0 aliphatic heterocycles. The zero-order valence-electron chi connectivity index (χ0n) is 12.7. The van der Waals surface area contributed by atoms with E-state index in [1.807, 2.05) is 6.92 Å². The van der Waals surface area contributed by atoms with Crippen LogP contribution in [0.25, 0.3) is 0 Å². The lowest BCUT2D eigenvalue weighted by Gasteiger charge is -2.32. The Bertz CT molecular complexity index is 586. The minimum atomic E-state index is -3.47. The molecule has 0 spiro atoms. The summed E-state index contributed by atoms with van der Waals surface area (Å²) in [6.45, 7) is 3.85. The van der Waals surface area contributed by atoms with Crippen LogP contribution < -0.4 is 0 Å². The summed E-state index contributed by atoms with van der Waals surface area (Å²) in [5.41, 5.74) is 0.537. The Kier molecular flexibility index (Phi) is 5.17. The van der Waals surface area contributed by atoms with Gasteiger partial charge in [-0.2, -0.15) is 4.31 Å². The van der Waals surface area contributed by atoms with Gasteiger partial charge in [-0.05, 0) is 31.9 Å². The second kappa shape index (κ2) is 6.71. The molecule has 4 nitrogen and oxygen atoms in total. The van der Waals surface area contributed by atoms with E-state index in [1.165, 1.54) is 25.5 Å². The first-order valence-corrected chi connectivity index (χ1v) is 9.03. The predicted molar refractivity (Wildman–Crippen MR) is 82.9 cm³/mol. The lowest BCUT2D eigenvalue weighted by Crippen LogP contribution is -2.41. The molecule has 1 fully saturated rings. The fraction of sp³-hybridized carbons (Fsp3) is 0.562. The van der Waals surface area contributed by atoms with Gasteiger partial charge >= 0.3 is 0 Å². The van der Waals surface area contributed by atoms with E-state index in [2.05, 4.69) is 0 Å². The molecule has 2 rings (SSSR count). The minimum Gasteiger partial charge on any atom is -0.295 e. The van der Waals surface area contributed by atoms with Gasteiger partial charge in [-0.15, -0.1) is 0 Å². The van der Waals surface area contributed by atoms with Crippen molar-refractivity contribution in [1.82, 2.24) is 4.31 Å². The summed E-state index contributed by atoms with van der Waals surface area (Å²) in [7, 11) is -3.47. The molecule has 116 valence electrons. The van der Waals surface area contributed by atoms with Crippen molar-refractivity contribution in [2.75, 3.05) is 6.54 Å². The minimum absolute atomic E-state index is 0.0569. The number of hydrogen-bond acceptors (Lipinski definition) is 3. The normalized spacial score (nSPS) is 17.1. The summed E-state index contributed by atoms with van der Waals surface area (Å²) in [5.74, 6) is -0.0569. The van der Waals surface area contributed by atoms with Crippen LogP contribution in [0.5, 0.6) is 0 Å². The van der Waals surface area contributed by atoms with Crippen LogP contribution >= 0.6 is 0 Å². The molecule has 0 N–H and O–H groups in total. The summed E-state index contributed by atoms with van der Waals surface area (Å²) in [4.78, 5) is 11.6. The highest BCUT2D eigenvalue weighted by Crippen LogP contribution is 2.27. The molecule has 1 aromatic rings. The van der Waals surface area contributed by atoms with E-state index in [0.717, 1.165) is 25.7 Å². The number of carbonyl (C=O) groups excluding carboxylic acids is 1. The third-order valence-electron chi connectivity index (χ3n) is 4.16. The lowest BCUT2D eigenvalue weighted by atomic mass is 9.95. The topological polar surface area (TPSA) is 54.5 Å². The van der Waals surface area contributed by atoms with Crippen molar-refractivity contribution in [3.05, 3.63) is 29.8 Å². The Balaban J connectivity index is 2.27. The summed E-state index contributed by atoms with van der Waals surface area (Å²) in [6, 6.07) is 6.37. The fourth-order valence-corrected chi connectivity index (χ4v) is 4.68. The molecule has 1 aliphatic rings. The molecule has 0 amide bonds. The zero-order valence-corrected chi connectivity index (χ0v) is 13.5. The molecular formula is C16H23NO3S. The largest absolute Gasteiger partial charge is 0.295 e. The van der Waals surface area contributed by atoms with Gasteiger partial charge in [-0.25, -0.2) is 8.42 Å². The van der Waals surface area contributed by atoms with Gasteiger partial charge in [-0.1, -0.05) is 38.3 Å². The molecule has 0 unspecified atom stereocenters. The maximum Gasteiger partial charge on any atom is 0.243 e. The van der Waals surface area contributed by atoms with E-state index < -0.39 is 10.0 Å². The van der Waals surface area contributed by atoms with Crippen LogP contribution in [0.2, 0.25) is 0 Å². The molecule has 0 radical (unpaired) electrons. The average molecular weight is 309 g/mol.